The zero-order chi connectivity index (χ0) is 16.9. The molecule has 6 nitrogen and oxygen atoms in total. The molecule has 0 unspecified atom stereocenters. The number of aryl methyl sites for hydroxylation is 2. The highest BCUT2D eigenvalue weighted by molar-refractivity contribution is 5.98. The van der Waals surface area contributed by atoms with Gasteiger partial charge in [0.25, 0.3) is 5.91 Å². The van der Waals surface area contributed by atoms with E-state index in [2.05, 4.69) is 0 Å². The predicted molar refractivity (Wildman–Crippen MR) is 86.7 cm³/mol. The van der Waals surface area contributed by atoms with Crippen LogP contribution in [0.25, 0.3) is 0 Å². The Balaban J connectivity index is 0.000000220. The van der Waals surface area contributed by atoms with Gasteiger partial charge < -0.3 is 22.3 Å². The Morgan fingerprint density at radius 1 is 0.864 bits per heavy atom. The van der Waals surface area contributed by atoms with Crippen LogP contribution in [-0.2, 0) is 0 Å². The maximum atomic E-state index is 10.7. The molecule has 2 rings (SSSR count). The van der Waals surface area contributed by atoms with Crippen molar-refractivity contribution in [3.05, 3.63) is 58.7 Å². The Morgan fingerprint density at radius 3 is 1.59 bits per heavy atom. The molecule has 0 aliphatic rings. The van der Waals surface area contributed by atoms with Crippen molar-refractivity contribution in [2.45, 2.75) is 13.8 Å². The molecule has 0 heterocycles. The summed E-state index contributed by atoms with van der Waals surface area (Å²) in [4.78, 5) is 21.2. The molecular formula is C16H19N3O3. The predicted octanol–water partition coefficient (Wildman–Crippen LogP) is 1.95. The lowest BCUT2D eigenvalue weighted by Gasteiger charge is -2.02. The summed E-state index contributed by atoms with van der Waals surface area (Å²) in [6.07, 6.45) is 0. The van der Waals surface area contributed by atoms with E-state index in [0.717, 1.165) is 11.1 Å². The van der Waals surface area contributed by atoms with E-state index in [4.69, 9.17) is 22.3 Å². The maximum Gasteiger partial charge on any atom is 0.337 e. The number of carbonyl (C=O) groups excluding carboxylic acids is 1. The molecule has 2 aromatic rings. The quantitative estimate of drug-likeness (QED) is 0.629. The van der Waals surface area contributed by atoms with Crippen LogP contribution in [0.1, 0.15) is 31.8 Å². The highest BCUT2D eigenvalue weighted by Crippen LogP contribution is 2.16. The maximum absolute atomic E-state index is 10.7. The minimum Gasteiger partial charge on any atom is -0.478 e. The van der Waals surface area contributed by atoms with E-state index < -0.39 is 11.9 Å². The number of carbonyl (C=O) groups is 2. The van der Waals surface area contributed by atoms with Crippen molar-refractivity contribution in [3.8, 4) is 0 Å². The van der Waals surface area contributed by atoms with Gasteiger partial charge in [0, 0.05) is 11.4 Å². The summed E-state index contributed by atoms with van der Waals surface area (Å²) in [7, 11) is 0. The van der Waals surface area contributed by atoms with Crippen LogP contribution >= 0.6 is 0 Å². The van der Waals surface area contributed by atoms with E-state index in [1.807, 2.05) is 13.0 Å². The lowest BCUT2D eigenvalue weighted by Crippen LogP contribution is -2.13. The molecule has 0 atom stereocenters. The molecule has 0 aliphatic heterocycles. The second kappa shape index (κ2) is 7.12. The molecule has 7 N–H and O–H groups in total. The number of nitrogen functional groups attached to an aromatic ring is 2. The summed E-state index contributed by atoms with van der Waals surface area (Å²) in [6.45, 7) is 3.61. The Kier molecular flexibility index (Phi) is 5.51. The zero-order valence-corrected chi connectivity index (χ0v) is 12.5. The van der Waals surface area contributed by atoms with Gasteiger partial charge in [-0.1, -0.05) is 24.3 Å². The van der Waals surface area contributed by atoms with E-state index in [1.54, 1.807) is 31.2 Å². The van der Waals surface area contributed by atoms with Crippen molar-refractivity contribution in [3.63, 3.8) is 0 Å². The Bertz CT molecular complexity index is 650. The van der Waals surface area contributed by atoms with Gasteiger partial charge in [0.1, 0.15) is 0 Å². The van der Waals surface area contributed by atoms with Gasteiger partial charge in [-0.25, -0.2) is 4.79 Å². The highest BCUT2D eigenvalue weighted by atomic mass is 16.4. The van der Waals surface area contributed by atoms with Crippen molar-refractivity contribution in [2.75, 3.05) is 11.5 Å². The van der Waals surface area contributed by atoms with Gasteiger partial charge in [-0.05, 0) is 37.1 Å². The number of nitrogens with two attached hydrogens (primary N) is 3. The number of para-hydroxylation sites is 2. The zero-order valence-electron chi connectivity index (χ0n) is 12.5. The first-order chi connectivity index (χ1) is 10.3. The van der Waals surface area contributed by atoms with E-state index in [9.17, 15) is 9.59 Å². The molecule has 0 fully saturated rings. The molecule has 0 aromatic heterocycles. The molecule has 116 valence electrons. The van der Waals surface area contributed by atoms with Gasteiger partial charge >= 0.3 is 5.97 Å². The van der Waals surface area contributed by atoms with Gasteiger partial charge in [-0.3, -0.25) is 4.79 Å². The van der Waals surface area contributed by atoms with E-state index >= 15 is 0 Å². The van der Waals surface area contributed by atoms with Gasteiger partial charge in [-0.15, -0.1) is 0 Å². The molecule has 1 amide bonds. The number of hydrogen-bond donors (Lipinski definition) is 4. The van der Waals surface area contributed by atoms with Gasteiger partial charge in [0.2, 0.25) is 0 Å². The number of carboxylic acid groups (broad SMARTS) is 1. The molecule has 0 aliphatic carbocycles. The van der Waals surface area contributed by atoms with E-state index in [1.165, 1.54) is 6.07 Å². The SMILES string of the molecule is Cc1cccc(C(=O)O)c1N.Cc1cccc(C(N)=O)c1N. The molecule has 0 radical (unpaired) electrons. The van der Waals surface area contributed by atoms with Gasteiger partial charge in [0.05, 0.1) is 11.1 Å². The number of aromatic carboxylic acids is 1. The Morgan fingerprint density at radius 2 is 1.27 bits per heavy atom. The fraction of sp³-hybridized carbons (Fsp3) is 0.125. The first kappa shape index (κ1) is 17.0. The highest BCUT2D eigenvalue weighted by Gasteiger charge is 2.07. The molecular weight excluding hydrogens is 282 g/mol. The average molecular weight is 301 g/mol. The lowest BCUT2D eigenvalue weighted by atomic mass is 10.1. The number of hydrogen-bond acceptors (Lipinski definition) is 4. The smallest absolute Gasteiger partial charge is 0.337 e. The molecule has 0 saturated carbocycles. The summed E-state index contributed by atoms with van der Waals surface area (Å²) in [6, 6.07) is 10.2. The first-order valence-corrected chi connectivity index (χ1v) is 6.49. The molecule has 6 heteroatoms. The van der Waals surface area contributed by atoms with E-state index in [-0.39, 0.29) is 5.56 Å². The Hall–Kier alpha value is -3.02. The van der Waals surface area contributed by atoms with Gasteiger partial charge in [0.15, 0.2) is 0 Å². The second-order valence-electron chi connectivity index (χ2n) is 4.74. The van der Waals surface area contributed by atoms with Crippen molar-refractivity contribution in [1.82, 2.24) is 0 Å². The van der Waals surface area contributed by atoms with Crippen LogP contribution in [0, 0.1) is 13.8 Å². The van der Waals surface area contributed by atoms with E-state index in [0.29, 0.717) is 16.9 Å². The summed E-state index contributed by atoms with van der Waals surface area (Å²) < 4.78 is 0. The lowest BCUT2D eigenvalue weighted by molar-refractivity contribution is 0.0697. The van der Waals surface area contributed by atoms with Crippen LogP contribution < -0.4 is 17.2 Å². The molecule has 2 aromatic carbocycles. The molecule has 22 heavy (non-hydrogen) atoms. The summed E-state index contributed by atoms with van der Waals surface area (Å²) in [5.74, 6) is -1.46. The minimum absolute atomic E-state index is 0.171. The normalized spacial score (nSPS) is 9.55. The molecule has 0 bridgehead atoms. The third kappa shape index (κ3) is 3.99. The topological polar surface area (TPSA) is 132 Å². The second-order valence-corrected chi connectivity index (χ2v) is 4.74. The van der Waals surface area contributed by atoms with Crippen molar-refractivity contribution in [2.24, 2.45) is 5.73 Å². The third-order valence-corrected chi connectivity index (χ3v) is 3.14. The van der Waals surface area contributed by atoms with Crippen LogP contribution in [-0.4, -0.2) is 17.0 Å². The van der Waals surface area contributed by atoms with Crippen LogP contribution in [0.4, 0.5) is 11.4 Å². The number of anilines is 2. The number of primary amides is 1. The number of carboxylic acids is 1. The number of rotatable bonds is 2. The van der Waals surface area contributed by atoms with Crippen LogP contribution in [0.3, 0.4) is 0 Å². The fourth-order valence-electron chi connectivity index (χ4n) is 1.76. The fourth-order valence-corrected chi connectivity index (χ4v) is 1.76. The van der Waals surface area contributed by atoms with Crippen LogP contribution in [0.5, 0.6) is 0 Å². The summed E-state index contributed by atoms with van der Waals surface area (Å²) >= 11 is 0. The summed E-state index contributed by atoms with van der Waals surface area (Å²) in [5, 5.41) is 8.61. The van der Waals surface area contributed by atoms with Crippen molar-refractivity contribution >= 4 is 23.3 Å². The monoisotopic (exact) mass is 301 g/mol. The van der Waals surface area contributed by atoms with Crippen molar-refractivity contribution < 1.29 is 14.7 Å². The number of benzene rings is 2. The van der Waals surface area contributed by atoms with Crippen LogP contribution in [0.2, 0.25) is 0 Å². The molecule has 0 saturated heterocycles. The van der Waals surface area contributed by atoms with Gasteiger partial charge in [-0.2, -0.15) is 0 Å². The standard InChI is InChI=1S/C8H10N2O.C8H9NO2/c2*1-5-3-2-4-6(7(5)9)8(10)11/h2-4H,9H2,1H3,(H2,10,11);2-4H,9H2,1H3,(H,10,11). The number of amides is 1. The largest absolute Gasteiger partial charge is 0.478 e. The molecule has 0 spiro atoms. The Labute approximate surface area is 128 Å². The first-order valence-electron chi connectivity index (χ1n) is 6.49. The minimum atomic E-state index is -0.980. The summed E-state index contributed by atoms with van der Waals surface area (Å²) in [5.41, 5.74) is 19.2. The average Bonchev–Trinajstić information content (AvgIpc) is 2.45. The van der Waals surface area contributed by atoms with Crippen molar-refractivity contribution in [1.29, 1.82) is 0 Å². The van der Waals surface area contributed by atoms with Crippen LogP contribution in [0.15, 0.2) is 36.4 Å². The third-order valence-electron chi connectivity index (χ3n) is 3.14.